The molecule has 146 valence electrons. The number of likely N-dealkylation sites (tertiary alicyclic amines) is 1. The van der Waals surface area contributed by atoms with E-state index in [1.54, 1.807) is 25.3 Å². The molecule has 0 spiro atoms. The first kappa shape index (κ1) is 19.9. The van der Waals surface area contributed by atoms with Crippen LogP contribution in [0.3, 0.4) is 0 Å². The van der Waals surface area contributed by atoms with E-state index in [1.807, 2.05) is 11.6 Å². The van der Waals surface area contributed by atoms with Crippen molar-refractivity contribution in [3.05, 3.63) is 28.0 Å². The number of aromatic nitrogens is 3. The molecular formula is C18H24ClN4O3S+. The van der Waals surface area contributed by atoms with Crippen molar-refractivity contribution in [2.75, 3.05) is 26.8 Å². The highest BCUT2D eigenvalue weighted by atomic mass is 35.5. The van der Waals surface area contributed by atoms with Gasteiger partial charge < -0.3 is 14.4 Å². The summed E-state index contributed by atoms with van der Waals surface area (Å²) < 4.78 is 12.9. The number of hydrogen-bond donors (Lipinski definition) is 2. The maximum atomic E-state index is 12.0. The van der Waals surface area contributed by atoms with Crippen LogP contribution in [0.2, 0.25) is 5.02 Å². The second-order valence-electron chi connectivity index (χ2n) is 6.58. The second kappa shape index (κ2) is 8.86. The Hall–Kier alpha value is -1.90. The molecule has 7 nitrogen and oxygen atoms in total. The highest BCUT2D eigenvalue weighted by molar-refractivity contribution is 7.71. The van der Waals surface area contributed by atoms with Gasteiger partial charge in [0.15, 0.2) is 12.5 Å². The smallest absolute Gasteiger partial charge is 0.314 e. The number of methoxy groups -OCH3 is 1. The van der Waals surface area contributed by atoms with Crippen molar-refractivity contribution in [3.8, 4) is 17.1 Å². The minimum atomic E-state index is -0.104. The lowest BCUT2D eigenvalue weighted by atomic mass is 9.99. The Morgan fingerprint density at radius 1 is 1.52 bits per heavy atom. The Kier molecular flexibility index (Phi) is 6.51. The SMILES string of the molecule is CCOC(=O)[C@H]1CCC[NH+](Cn2[nH]c(-c3cc(Cl)ccc3OC)nc2=S)C1. The van der Waals surface area contributed by atoms with Gasteiger partial charge in [-0.3, -0.25) is 9.89 Å². The zero-order valence-corrected chi connectivity index (χ0v) is 17.0. The maximum absolute atomic E-state index is 12.0. The summed E-state index contributed by atoms with van der Waals surface area (Å²) in [5, 5.41) is 3.84. The van der Waals surface area contributed by atoms with Gasteiger partial charge in [0, 0.05) is 5.02 Å². The number of halogens is 1. The number of esters is 1. The molecule has 27 heavy (non-hydrogen) atoms. The summed E-state index contributed by atoms with van der Waals surface area (Å²) in [6.45, 7) is 4.58. The fourth-order valence-electron chi connectivity index (χ4n) is 3.43. The Balaban J connectivity index is 1.77. The Labute approximate surface area is 168 Å². The fourth-order valence-corrected chi connectivity index (χ4v) is 3.80. The molecule has 9 heteroatoms. The third-order valence-electron chi connectivity index (χ3n) is 4.72. The normalized spacial score (nSPS) is 19.7. The summed E-state index contributed by atoms with van der Waals surface area (Å²) >= 11 is 11.5. The third kappa shape index (κ3) is 4.69. The van der Waals surface area contributed by atoms with Gasteiger partial charge in [0.05, 0.1) is 32.4 Å². The minimum Gasteiger partial charge on any atom is -0.496 e. The van der Waals surface area contributed by atoms with Crippen molar-refractivity contribution < 1.29 is 19.2 Å². The Bertz CT molecular complexity index is 867. The zero-order valence-electron chi connectivity index (χ0n) is 15.5. The lowest BCUT2D eigenvalue weighted by molar-refractivity contribution is -0.930. The van der Waals surface area contributed by atoms with Gasteiger partial charge >= 0.3 is 5.97 Å². The number of aromatic amines is 1. The lowest BCUT2D eigenvalue weighted by Crippen LogP contribution is -3.13. The van der Waals surface area contributed by atoms with E-state index in [2.05, 4.69) is 10.1 Å². The van der Waals surface area contributed by atoms with Crippen LogP contribution in [0.15, 0.2) is 18.2 Å². The molecule has 3 rings (SSSR count). The number of benzene rings is 1. The molecule has 1 aliphatic rings. The Morgan fingerprint density at radius 2 is 2.33 bits per heavy atom. The molecule has 1 fully saturated rings. The highest BCUT2D eigenvalue weighted by Crippen LogP contribution is 2.30. The fraction of sp³-hybridized carbons (Fsp3) is 0.500. The van der Waals surface area contributed by atoms with Crippen LogP contribution in [0.25, 0.3) is 11.4 Å². The van der Waals surface area contributed by atoms with E-state index in [4.69, 9.17) is 33.3 Å². The average molecular weight is 412 g/mol. The summed E-state index contributed by atoms with van der Waals surface area (Å²) in [4.78, 5) is 17.8. The molecule has 1 aromatic heterocycles. The molecule has 2 aromatic rings. The second-order valence-corrected chi connectivity index (χ2v) is 7.38. The molecule has 1 unspecified atom stereocenters. The van der Waals surface area contributed by atoms with Crippen molar-refractivity contribution in [1.29, 1.82) is 0 Å². The predicted molar refractivity (Wildman–Crippen MR) is 104 cm³/mol. The summed E-state index contributed by atoms with van der Waals surface area (Å²) in [6.07, 6.45) is 1.86. The number of nitrogens with one attached hydrogen (secondary N) is 2. The summed E-state index contributed by atoms with van der Waals surface area (Å²) in [5.41, 5.74) is 0.757. The molecule has 1 aliphatic heterocycles. The number of carbonyl (C=O) groups is 1. The van der Waals surface area contributed by atoms with E-state index >= 15 is 0 Å². The van der Waals surface area contributed by atoms with Gasteiger partial charge in [0.1, 0.15) is 11.7 Å². The maximum Gasteiger partial charge on any atom is 0.314 e. The zero-order chi connectivity index (χ0) is 19.4. The molecule has 0 bridgehead atoms. The van der Waals surface area contributed by atoms with E-state index in [0.717, 1.165) is 31.5 Å². The van der Waals surface area contributed by atoms with Gasteiger partial charge in [-0.2, -0.15) is 4.98 Å². The molecule has 0 radical (unpaired) electrons. The standard InChI is InChI=1S/C18H23ClN4O3S/c1-3-26-17(24)12-5-4-8-22(10-12)11-23-18(27)20-16(21-23)14-9-13(19)6-7-15(14)25-2/h6-7,9,12H,3-5,8,10-11H2,1-2H3,(H,20,21,27)/p+1/t12-/m0/s1. The highest BCUT2D eigenvalue weighted by Gasteiger charge is 2.30. The number of hydrogen-bond acceptors (Lipinski definition) is 5. The molecule has 0 amide bonds. The van der Waals surface area contributed by atoms with E-state index in [9.17, 15) is 4.79 Å². The van der Waals surface area contributed by atoms with Gasteiger partial charge in [-0.1, -0.05) is 11.6 Å². The van der Waals surface area contributed by atoms with Crippen LogP contribution in [0, 0.1) is 10.7 Å². The average Bonchev–Trinajstić information content (AvgIpc) is 3.02. The van der Waals surface area contributed by atoms with E-state index in [0.29, 0.717) is 34.6 Å². The summed E-state index contributed by atoms with van der Waals surface area (Å²) in [7, 11) is 1.60. The lowest BCUT2D eigenvalue weighted by Gasteiger charge is -2.28. The van der Waals surface area contributed by atoms with Gasteiger partial charge in [0.25, 0.3) is 0 Å². The number of ether oxygens (including phenoxy) is 2. The quantitative estimate of drug-likeness (QED) is 0.562. The predicted octanol–water partition coefficient (Wildman–Crippen LogP) is 2.09. The first-order valence-electron chi connectivity index (χ1n) is 9.02. The molecule has 1 saturated heterocycles. The summed E-state index contributed by atoms with van der Waals surface area (Å²) in [6, 6.07) is 5.36. The molecule has 0 saturated carbocycles. The van der Waals surface area contributed by atoms with Crippen LogP contribution in [-0.2, 0) is 16.2 Å². The van der Waals surface area contributed by atoms with Crippen LogP contribution in [0.4, 0.5) is 0 Å². The molecule has 2 N–H and O–H groups in total. The number of carbonyl (C=O) groups excluding carboxylic acids is 1. The van der Waals surface area contributed by atoms with Gasteiger partial charge in [0.2, 0.25) is 4.77 Å². The molecule has 1 aromatic carbocycles. The van der Waals surface area contributed by atoms with E-state index in [-0.39, 0.29) is 11.9 Å². The van der Waals surface area contributed by atoms with E-state index in [1.165, 1.54) is 4.90 Å². The molecule has 2 heterocycles. The van der Waals surface area contributed by atoms with Crippen LogP contribution in [0.5, 0.6) is 5.75 Å². The number of rotatable bonds is 6. The Morgan fingerprint density at radius 3 is 3.07 bits per heavy atom. The first-order valence-corrected chi connectivity index (χ1v) is 9.81. The number of H-pyrrole nitrogens is 1. The third-order valence-corrected chi connectivity index (χ3v) is 5.26. The van der Waals surface area contributed by atoms with Gasteiger partial charge in [-0.15, -0.1) is 0 Å². The van der Waals surface area contributed by atoms with Crippen molar-refractivity contribution in [1.82, 2.24) is 14.8 Å². The number of nitrogens with zero attached hydrogens (tertiary/aromatic N) is 2. The van der Waals surface area contributed by atoms with E-state index < -0.39 is 0 Å². The number of piperidine rings is 1. The van der Waals surface area contributed by atoms with Gasteiger partial charge in [-0.25, -0.2) is 4.68 Å². The minimum absolute atomic E-state index is 0.0571. The van der Waals surface area contributed by atoms with Crippen molar-refractivity contribution in [2.24, 2.45) is 5.92 Å². The first-order chi connectivity index (χ1) is 13.0. The molecular weight excluding hydrogens is 388 g/mol. The van der Waals surface area contributed by atoms with Crippen LogP contribution < -0.4 is 9.64 Å². The topological polar surface area (TPSA) is 73.6 Å². The summed E-state index contributed by atoms with van der Waals surface area (Å²) in [5.74, 6) is 1.12. The van der Waals surface area contributed by atoms with Crippen molar-refractivity contribution >= 4 is 29.8 Å². The van der Waals surface area contributed by atoms with Crippen molar-refractivity contribution in [3.63, 3.8) is 0 Å². The van der Waals surface area contributed by atoms with Crippen LogP contribution in [-0.4, -0.2) is 47.5 Å². The number of quaternary nitrogens is 1. The molecule has 2 atom stereocenters. The monoisotopic (exact) mass is 411 g/mol. The van der Waals surface area contributed by atoms with Crippen LogP contribution >= 0.6 is 23.8 Å². The largest absolute Gasteiger partial charge is 0.496 e. The van der Waals surface area contributed by atoms with Crippen LogP contribution in [0.1, 0.15) is 19.8 Å². The van der Waals surface area contributed by atoms with Gasteiger partial charge in [-0.05, 0) is 50.2 Å². The van der Waals surface area contributed by atoms with Crippen molar-refractivity contribution in [2.45, 2.75) is 26.4 Å². The molecule has 0 aliphatic carbocycles.